The van der Waals surface area contributed by atoms with Crippen LogP contribution in [0.1, 0.15) is 5.56 Å². The zero-order valence-corrected chi connectivity index (χ0v) is 9.70. The SMILES string of the molecule is COc1ccc(-c2ccc(O)cc2C)c(F)c1. The number of methoxy groups -OCH3 is 1. The van der Waals surface area contributed by atoms with Gasteiger partial charge in [0.1, 0.15) is 17.3 Å². The molecule has 3 heteroatoms. The van der Waals surface area contributed by atoms with Gasteiger partial charge in [-0.3, -0.25) is 0 Å². The van der Waals surface area contributed by atoms with E-state index in [-0.39, 0.29) is 11.6 Å². The maximum Gasteiger partial charge on any atom is 0.134 e. The van der Waals surface area contributed by atoms with Crippen LogP contribution in [-0.2, 0) is 0 Å². The van der Waals surface area contributed by atoms with E-state index in [2.05, 4.69) is 0 Å². The van der Waals surface area contributed by atoms with Gasteiger partial charge in [0, 0.05) is 11.6 Å². The van der Waals surface area contributed by atoms with Crippen molar-refractivity contribution in [2.75, 3.05) is 7.11 Å². The molecule has 0 aliphatic carbocycles. The molecule has 0 atom stereocenters. The van der Waals surface area contributed by atoms with Gasteiger partial charge in [0.25, 0.3) is 0 Å². The second-order valence-corrected chi connectivity index (χ2v) is 3.85. The Labute approximate surface area is 99.3 Å². The van der Waals surface area contributed by atoms with E-state index < -0.39 is 0 Å². The summed E-state index contributed by atoms with van der Waals surface area (Å²) in [5.41, 5.74) is 2.10. The van der Waals surface area contributed by atoms with Crippen molar-refractivity contribution < 1.29 is 14.2 Å². The average molecular weight is 232 g/mol. The fourth-order valence-corrected chi connectivity index (χ4v) is 1.79. The molecule has 0 heterocycles. The first-order valence-corrected chi connectivity index (χ1v) is 5.25. The Kier molecular flexibility index (Phi) is 3.00. The van der Waals surface area contributed by atoms with Gasteiger partial charge in [-0.05, 0) is 42.3 Å². The summed E-state index contributed by atoms with van der Waals surface area (Å²) < 4.78 is 18.8. The highest BCUT2D eigenvalue weighted by Gasteiger charge is 2.09. The molecule has 0 aromatic heterocycles. The van der Waals surface area contributed by atoms with E-state index >= 15 is 0 Å². The van der Waals surface area contributed by atoms with Gasteiger partial charge in [0.15, 0.2) is 0 Å². The molecular formula is C14H13FO2. The van der Waals surface area contributed by atoms with Crippen molar-refractivity contribution in [3.63, 3.8) is 0 Å². The van der Waals surface area contributed by atoms with Crippen LogP contribution in [0.3, 0.4) is 0 Å². The van der Waals surface area contributed by atoms with E-state index in [0.717, 1.165) is 11.1 Å². The molecule has 2 aromatic rings. The van der Waals surface area contributed by atoms with Gasteiger partial charge >= 0.3 is 0 Å². The molecule has 0 aliphatic rings. The minimum absolute atomic E-state index is 0.181. The van der Waals surface area contributed by atoms with Crippen LogP contribution in [0.15, 0.2) is 36.4 Å². The highest BCUT2D eigenvalue weighted by molar-refractivity contribution is 5.69. The Morgan fingerprint density at radius 1 is 1.06 bits per heavy atom. The highest BCUT2D eigenvalue weighted by atomic mass is 19.1. The second kappa shape index (κ2) is 4.45. The molecule has 2 rings (SSSR count). The fourth-order valence-electron chi connectivity index (χ4n) is 1.79. The monoisotopic (exact) mass is 232 g/mol. The summed E-state index contributed by atoms with van der Waals surface area (Å²) >= 11 is 0. The second-order valence-electron chi connectivity index (χ2n) is 3.85. The summed E-state index contributed by atoms with van der Waals surface area (Å²) in [4.78, 5) is 0. The molecule has 0 radical (unpaired) electrons. The Balaban J connectivity index is 2.53. The van der Waals surface area contributed by atoms with E-state index in [4.69, 9.17) is 4.74 Å². The topological polar surface area (TPSA) is 29.5 Å². The van der Waals surface area contributed by atoms with E-state index in [1.165, 1.54) is 13.2 Å². The fraction of sp³-hybridized carbons (Fsp3) is 0.143. The Morgan fingerprint density at radius 2 is 1.76 bits per heavy atom. The van der Waals surface area contributed by atoms with Crippen molar-refractivity contribution in [3.05, 3.63) is 47.8 Å². The summed E-state index contributed by atoms with van der Waals surface area (Å²) in [7, 11) is 1.50. The first kappa shape index (κ1) is 11.5. The van der Waals surface area contributed by atoms with Gasteiger partial charge in [-0.2, -0.15) is 0 Å². The Hall–Kier alpha value is -2.03. The number of halogens is 1. The number of ether oxygens (including phenoxy) is 1. The average Bonchev–Trinajstić information content (AvgIpc) is 2.30. The summed E-state index contributed by atoms with van der Waals surface area (Å²) in [6.45, 7) is 1.83. The van der Waals surface area contributed by atoms with Crippen LogP contribution < -0.4 is 4.74 Å². The van der Waals surface area contributed by atoms with Crippen LogP contribution in [0.4, 0.5) is 4.39 Å². The molecule has 0 aliphatic heterocycles. The number of hydrogen-bond donors (Lipinski definition) is 1. The Bertz CT molecular complexity index is 550. The molecule has 17 heavy (non-hydrogen) atoms. The normalized spacial score (nSPS) is 10.3. The molecule has 0 saturated heterocycles. The van der Waals surface area contributed by atoms with Gasteiger partial charge in [-0.25, -0.2) is 4.39 Å². The molecule has 0 fully saturated rings. The molecule has 0 bridgehead atoms. The van der Waals surface area contributed by atoms with Crippen LogP contribution in [0, 0.1) is 12.7 Å². The lowest BCUT2D eigenvalue weighted by Crippen LogP contribution is -1.90. The van der Waals surface area contributed by atoms with Crippen molar-refractivity contribution >= 4 is 0 Å². The summed E-state index contributed by atoms with van der Waals surface area (Å²) in [5, 5.41) is 9.32. The molecule has 0 amide bonds. The third-order valence-electron chi connectivity index (χ3n) is 2.68. The Morgan fingerprint density at radius 3 is 2.35 bits per heavy atom. The molecule has 1 N–H and O–H groups in total. The molecule has 88 valence electrons. The van der Waals surface area contributed by atoms with E-state index in [9.17, 15) is 9.50 Å². The molecular weight excluding hydrogens is 219 g/mol. The first-order chi connectivity index (χ1) is 8.11. The lowest BCUT2D eigenvalue weighted by Gasteiger charge is -2.09. The maximum absolute atomic E-state index is 13.9. The summed E-state index contributed by atoms with van der Waals surface area (Å²) in [6, 6.07) is 9.60. The van der Waals surface area contributed by atoms with E-state index in [1.54, 1.807) is 30.3 Å². The lowest BCUT2D eigenvalue weighted by atomic mass is 10.00. The van der Waals surface area contributed by atoms with Crippen LogP contribution >= 0.6 is 0 Å². The van der Waals surface area contributed by atoms with Crippen molar-refractivity contribution in [1.82, 2.24) is 0 Å². The number of rotatable bonds is 2. The van der Waals surface area contributed by atoms with Crippen molar-refractivity contribution in [3.8, 4) is 22.6 Å². The van der Waals surface area contributed by atoms with Crippen LogP contribution in [0.2, 0.25) is 0 Å². The zero-order valence-electron chi connectivity index (χ0n) is 9.70. The van der Waals surface area contributed by atoms with E-state index in [0.29, 0.717) is 11.3 Å². The quantitative estimate of drug-likeness (QED) is 0.858. The van der Waals surface area contributed by atoms with Crippen LogP contribution in [0.5, 0.6) is 11.5 Å². The molecule has 2 nitrogen and oxygen atoms in total. The van der Waals surface area contributed by atoms with Crippen molar-refractivity contribution in [1.29, 1.82) is 0 Å². The predicted octanol–water partition coefficient (Wildman–Crippen LogP) is 3.52. The van der Waals surface area contributed by atoms with Crippen molar-refractivity contribution in [2.45, 2.75) is 6.92 Å². The van der Waals surface area contributed by atoms with E-state index in [1.807, 2.05) is 6.92 Å². The summed E-state index contributed by atoms with van der Waals surface area (Å²) in [5.74, 6) is 0.334. The smallest absolute Gasteiger partial charge is 0.134 e. The molecule has 0 saturated carbocycles. The lowest BCUT2D eigenvalue weighted by molar-refractivity contribution is 0.411. The predicted molar refractivity (Wildman–Crippen MR) is 64.8 cm³/mol. The van der Waals surface area contributed by atoms with Gasteiger partial charge in [-0.1, -0.05) is 6.07 Å². The zero-order chi connectivity index (χ0) is 12.4. The third-order valence-corrected chi connectivity index (χ3v) is 2.68. The van der Waals surface area contributed by atoms with Crippen molar-refractivity contribution in [2.24, 2.45) is 0 Å². The maximum atomic E-state index is 13.9. The standard InChI is InChI=1S/C14H13FO2/c1-9-7-10(16)3-5-12(9)13-6-4-11(17-2)8-14(13)15/h3-8,16H,1-2H3. The van der Waals surface area contributed by atoms with Gasteiger partial charge in [0.05, 0.1) is 7.11 Å². The highest BCUT2D eigenvalue weighted by Crippen LogP contribution is 2.30. The number of phenols is 1. The van der Waals surface area contributed by atoms with Gasteiger partial charge < -0.3 is 9.84 Å². The minimum Gasteiger partial charge on any atom is -0.508 e. The minimum atomic E-state index is -0.335. The van der Waals surface area contributed by atoms with Gasteiger partial charge in [0.2, 0.25) is 0 Å². The number of benzene rings is 2. The number of aryl methyl sites for hydroxylation is 1. The number of aromatic hydroxyl groups is 1. The molecule has 2 aromatic carbocycles. The number of phenolic OH excluding ortho intramolecular Hbond substituents is 1. The molecule has 0 spiro atoms. The molecule has 0 unspecified atom stereocenters. The van der Waals surface area contributed by atoms with Crippen LogP contribution in [0.25, 0.3) is 11.1 Å². The summed E-state index contributed by atoms with van der Waals surface area (Å²) in [6.07, 6.45) is 0. The first-order valence-electron chi connectivity index (χ1n) is 5.25. The number of hydrogen-bond acceptors (Lipinski definition) is 2. The van der Waals surface area contributed by atoms with Crippen LogP contribution in [-0.4, -0.2) is 12.2 Å². The van der Waals surface area contributed by atoms with Gasteiger partial charge in [-0.15, -0.1) is 0 Å². The third kappa shape index (κ3) is 2.23. The largest absolute Gasteiger partial charge is 0.508 e.